The second kappa shape index (κ2) is 8.92. The molecular formula is C18H29N. The van der Waals surface area contributed by atoms with Gasteiger partial charge in [-0.2, -0.15) is 0 Å². The Morgan fingerprint density at radius 3 is 2.37 bits per heavy atom. The van der Waals surface area contributed by atoms with E-state index in [2.05, 4.69) is 51.0 Å². The minimum Gasteiger partial charge on any atom is -0.317 e. The van der Waals surface area contributed by atoms with Crippen LogP contribution in [0.4, 0.5) is 0 Å². The standard InChI is InChI=1S/C18H29N/c1-5-6-7-8-9-10-18(19-4)14-17-12-15(2)11-16(3)13-17/h5,11-13,18-19H,1,6-10,14H2,2-4H3. The lowest BCUT2D eigenvalue weighted by molar-refractivity contribution is 0.487. The fraction of sp³-hybridized carbons (Fsp3) is 0.556. The van der Waals surface area contributed by atoms with Crippen LogP contribution in [0, 0.1) is 13.8 Å². The smallest absolute Gasteiger partial charge is 0.0104 e. The number of benzene rings is 1. The van der Waals surface area contributed by atoms with Crippen molar-refractivity contribution in [3.63, 3.8) is 0 Å². The topological polar surface area (TPSA) is 12.0 Å². The van der Waals surface area contributed by atoms with E-state index in [4.69, 9.17) is 0 Å². The Morgan fingerprint density at radius 1 is 1.11 bits per heavy atom. The van der Waals surface area contributed by atoms with Gasteiger partial charge in [-0.25, -0.2) is 0 Å². The maximum atomic E-state index is 3.77. The highest BCUT2D eigenvalue weighted by atomic mass is 14.9. The molecule has 0 aliphatic heterocycles. The van der Waals surface area contributed by atoms with Gasteiger partial charge in [0.05, 0.1) is 0 Å². The van der Waals surface area contributed by atoms with Crippen molar-refractivity contribution in [1.29, 1.82) is 0 Å². The summed E-state index contributed by atoms with van der Waals surface area (Å²) < 4.78 is 0. The number of hydrogen-bond donors (Lipinski definition) is 1. The highest BCUT2D eigenvalue weighted by Gasteiger charge is 2.07. The number of likely N-dealkylation sites (N-methyl/N-ethyl adjacent to an activating group) is 1. The molecule has 0 spiro atoms. The number of aryl methyl sites for hydroxylation is 2. The van der Waals surface area contributed by atoms with E-state index >= 15 is 0 Å². The highest BCUT2D eigenvalue weighted by Crippen LogP contribution is 2.14. The summed E-state index contributed by atoms with van der Waals surface area (Å²) in [6.45, 7) is 8.13. The molecule has 1 rings (SSSR count). The third-order valence-electron chi connectivity index (χ3n) is 3.63. The molecule has 19 heavy (non-hydrogen) atoms. The Bertz CT molecular complexity index is 361. The van der Waals surface area contributed by atoms with Crippen LogP contribution in [-0.2, 0) is 6.42 Å². The van der Waals surface area contributed by atoms with Crippen LogP contribution in [0.25, 0.3) is 0 Å². The Hall–Kier alpha value is -1.08. The van der Waals surface area contributed by atoms with Crippen LogP contribution >= 0.6 is 0 Å². The normalized spacial score (nSPS) is 12.4. The van der Waals surface area contributed by atoms with E-state index in [1.165, 1.54) is 42.4 Å². The fourth-order valence-electron chi connectivity index (χ4n) is 2.68. The van der Waals surface area contributed by atoms with Gasteiger partial charge in [-0.15, -0.1) is 6.58 Å². The van der Waals surface area contributed by atoms with Crippen molar-refractivity contribution < 1.29 is 0 Å². The first-order chi connectivity index (χ1) is 9.15. The van der Waals surface area contributed by atoms with Crippen LogP contribution in [0.3, 0.4) is 0 Å². The lowest BCUT2D eigenvalue weighted by atomic mass is 9.97. The average Bonchev–Trinajstić information content (AvgIpc) is 2.36. The SMILES string of the molecule is C=CCCCCCC(Cc1cc(C)cc(C)c1)NC. The largest absolute Gasteiger partial charge is 0.317 e. The Kier molecular flexibility index (Phi) is 7.50. The summed E-state index contributed by atoms with van der Waals surface area (Å²) in [5, 5.41) is 3.46. The molecular weight excluding hydrogens is 230 g/mol. The van der Waals surface area contributed by atoms with Gasteiger partial charge in [-0.05, 0) is 52.1 Å². The quantitative estimate of drug-likeness (QED) is 0.506. The van der Waals surface area contributed by atoms with E-state index < -0.39 is 0 Å². The monoisotopic (exact) mass is 259 g/mol. The van der Waals surface area contributed by atoms with E-state index in [0.717, 1.165) is 12.8 Å². The van der Waals surface area contributed by atoms with Gasteiger partial charge in [0.2, 0.25) is 0 Å². The molecule has 0 aliphatic carbocycles. The van der Waals surface area contributed by atoms with E-state index in [9.17, 15) is 0 Å². The van der Waals surface area contributed by atoms with Gasteiger partial charge in [-0.3, -0.25) is 0 Å². The third kappa shape index (κ3) is 6.58. The van der Waals surface area contributed by atoms with Crippen LogP contribution < -0.4 is 5.32 Å². The van der Waals surface area contributed by atoms with E-state index in [0.29, 0.717) is 6.04 Å². The van der Waals surface area contributed by atoms with Crippen LogP contribution in [-0.4, -0.2) is 13.1 Å². The first-order valence-corrected chi connectivity index (χ1v) is 7.51. The molecule has 0 aromatic heterocycles. The lowest BCUT2D eigenvalue weighted by Gasteiger charge is -2.17. The molecule has 1 N–H and O–H groups in total. The van der Waals surface area contributed by atoms with Crippen LogP contribution in [0.5, 0.6) is 0 Å². The van der Waals surface area contributed by atoms with Gasteiger partial charge >= 0.3 is 0 Å². The zero-order valence-corrected chi connectivity index (χ0v) is 12.8. The van der Waals surface area contributed by atoms with Crippen LogP contribution in [0.1, 0.15) is 48.8 Å². The molecule has 106 valence electrons. The van der Waals surface area contributed by atoms with Crippen molar-refractivity contribution in [1.82, 2.24) is 5.32 Å². The van der Waals surface area contributed by atoms with Crippen molar-refractivity contribution in [3.05, 3.63) is 47.5 Å². The second-order valence-corrected chi connectivity index (χ2v) is 5.61. The van der Waals surface area contributed by atoms with Crippen LogP contribution in [0.15, 0.2) is 30.9 Å². The molecule has 1 aromatic rings. The third-order valence-corrected chi connectivity index (χ3v) is 3.63. The summed E-state index contributed by atoms with van der Waals surface area (Å²) in [5.74, 6) is 0. The summed E-state index contributed by atoms with van der Waals surface area (Å²) in [6.07, 6.45) is 9.48. The molecule has 1 aromatic carbocycles. The minimum absolute atomic E-state index is 0.602. The molecule has 0 fully saturated rings. The molecule has 0 amide bonds. The Morgan fingerprint density at radius 2 is 1.79 bits per heavy atom. The number of allylic oxidation sites excluding steroid dienone is 1. The number of unbranched alkanes of at least 4 members (excludes halogenated alkanes) is 3. The van der Waals surface area contributed by atoms with Gasteiger partial charge < -0.3 is 5.32 Å². The first kappa shape index (κ1) is 16.0. The molecule has 0 radical (unpaired) electrons. The van der Waals surface area contributed by atoms with Gasteiger partial charge in [0.15, 0.2) is 0 Å². The molecule has 1 unspecified atom stereocenters. The minimum atomic E-state index is 0.602. The van der Waals surface area contributed by atoms with E-state index in [-0.39, 0.29) is 0 Å². The molecule has 1 heteroatoms. The lowest BCUT2D eigenvalue weighted by Crippen LogP contribution is -2.27. The Balaban J connectivity index is 2.40. The summed E-state index contributed by atoms with van der Waals surface area (Å²) in [6, 6.07) is 7.47. The molecule has 0 aliphatic rings. The fourth-order valence-corrected chi connectivity index (χ4v) is 2.68. The second-order valence-electron chi connectivity index (χ2n) is 5.61. The van der Waals surface area contributed by atoms with Gasteiger partial charge in [0.25, 0.3) is 0 Å². The predicted octanol–water partition coefficient (Wildman–Crippen LogP) is 4.57. The number of nitrogens with one attached hydrogen (secondary N) is 1. The van der Waals surface area contributed by atoms with Crippen molar-refractivity contribution in [3.8, 4) is 0 Å². The maximum Gasteiger partial charge on any atom is 0.0104 e. The molecule has 0 saturated heterocycles. The van der Waals surface area contributed by atoms with E-state index in [1.54, 1.807) is 0 Å². The van der Waals surface area contributed by atoms with Crippen molar-refractivity contribution in [2.24, 2.45) is 0 Å². The zero-order chi connectivity index (χ0) is 14.1. The maximum absolute atomic E-state index is 3.77. The first-order valence-electron chi connectivity index (χ1n) is 7.51. The summed E-state index contributed by atoms with van der Waals surface area (Å²) >= 11 is 0. The Labute approximate surface area is 119 Å². The van der Waals surface area contributed by atoms with Crippen molar-refractivity contribution >= 4 is 0 Å². The summed E-state index contributed by atoms with van der Waals surface area (Å²) in [4.78, 5) is 0. The number of hydrogen-bond acceptors (Lipinski definition) is 1. The predicted molar refractivity (Wildman–Crippen MR) is 85.7 cm³/mol. The van der Waals surface area contributed by atoms with Crippen LogP contribution in [0.2, 0.25) is 0 Å². The molecule has 1 nitrogen and oxygen atoms in total. The highest BCUT2D eigenvalue weighted by molar-refractivity contribution is 5.29. The molecule has 1 atom stereocenters. The number of rotatable bonds is 9. The van der Waals surface area contributed by atoms with Gasteiger partial charge in [0.1, 0.15) is 0 Å². The van der Waals surface area contributed by atoms with Crippen molar-refractivity contribution in [2.75, 3.05) is 7.05 Å². The summed E-state index contributed by atoms with van der Waals surface area (Å²) in [7, 11) is 2.08. The van der Waals surface area contributed by atoms with E-state index in [1.807, 2.05) is 6.08 Å². The molecule has 0 bridgehead atoms. The zero-order valence-electron chi connectivity index (χ0n) is 12.8. The molecule has 0 saturated carbocycles. The van der Waals surface area contributed by atoms with Crippen molar-refractivity contribution in [2.45, 2.75) is 58.4 Å². The summed E-state index contributed by atoms with van der Waals surface area (Å²) in [5.41, 5.74) is 4.20. The van der Waals surface area contributed by atoms with Gasteiger partial charge in [-0.1, -0.05) is 48.2 Å². The van der Waals surface area contributed by atoms with Gasteiger partial charge in [0, 0.05) is 6.04 Å². The molecule has 0 heterocycles. The average molecular weight is 259 g/mol.